The molecule has 1 nitrogen and oxygen atoms in total. The Labute approximate surface area is 281 Å². The summed E-state index contributed by atoms with van der Waals surface area (Å²) in [5.41, 5.74) is 1.37. The van der Waals surface area contributed by atoms with E-state index in [4.69, 9.17) is 0 Å². The first-order valence-electron chi connectivity index (χ1n) is 20.0. The van der Waals surface area contributed by atoms with Crippen molar-refractivity contribution in [1.82, 2.24) is 0 Å². The van der Waals surface area contributed by atoms with Gasteiger partial charge in [0.2, 0.25) is 0 Å². The molecule has 0 N–H and O–H groups in total. The molecule has 0 amide bonds. The van der Waals surface area contributed by atoms with Crippen molar-refractivity contribution in [3.63, 3.8) is 0 Å². The third-order valence-corrected chi connectivity index (χ3v) is 9.75. The van der Waals surface area contributed by atoms with E-state index >= 15 is 0 Å². The fraction of sp³-hybridized carbons (Fsp3) is 0.951. The second-order valence-electron chi connectivity index (χ2n) is 14.8. The van der Waals surface area contributed by atoms with E-state index in [-0.39, 0.29) is 12.4 Å². The Bertz CT molecular complexity index is 494. The van der Waals surface area contributed by atoms with Crippen LogP contribution in [0, 0.1) is 0 Å². The molecule has 0 aromatic carbocycles. The van der Waals surface area contributed by atoms with Crippen molar-refractivity contribution >= 4 is 0 Å². The molecule has 43 heavy (non-hydrogen) atoms. The van der Waals surface area contributed by atoms with Crippen molar-refractivity contribution in [1.29, 1.82) is 0 Å². The monoisotopic (exact) mass is 626 g/mol. The molecular formula is C41H84ClN. The summed E-state index contributed by atoms with van der Waals surface area (Å²) >= 11 is 0. The van der Waals surface area contributed by atoms with Crippen LogP contribution >= 0.6 is 0 Å². The Kier molecular flexibility index (Phi) is 38.2. The standard InChI is InChI=1S/C41H84N.ClH/c1-6-8-10-12-14-16-18-20-22-24-26-28-30-32-34-36-38-42(5,40-41(3)4)39-37-35-33-31-29-27-25-23-21-19-17-15-13-11-9-7-2;/h3,6-40H2,1-2,4-5H3;1H/q+1;/p-1. The summed E-state index contributed by atoms with van der Waals surface area (Å²) in [4.78, 5) is 0. The van der Waals surface area contributed by atoms with E-state index in [1.54, 1.807) is 0 Å². The minimum Gasteiger partial charge on any atom is -1.00 e. The third kappa shape index (κ3) is 36.3. The van der Waals surface area contributed by atoms with Crippen LogP contribution in [0.1, 0.15) is 226 Å². The summed E-state index contributed by atoms with van der Waals surface area (Å²) in [6, 6.07) is 0. The van der Waals surface area contributed by atoms with Gasteiger partial charge in [-0.3, -0.25) is 0 Å². The largest absolute Gasteiger partial charge is 1.00 e. The first kappa shape index (κ1) is 45.1. The number of rotatable bonds is 36. The normalized spacial score (nSPS) is 11.6. The topological polar surface area (TPSA) is 0 Å². The molecule has 0 aliphatic rings. The summed E-state index contributed by atoms with van der Waals surface area (Å²) in [6.45, 7) is 15.0. The average Bonchev–Trinajstić information content (AvgIpc) is 2.96. The minimum absolute atomic E-state index is 0. The lowest BCUT2D eigenvalue weighted by Gasteiger charge is -2.35. The third-order valence-electron chi connectivity index (χ3n) is 9.75. The van der Waals surface area contributed by atoms with E-state index in [0.29, 0.717) is 0 Å². The Morgan fingerprint density at radius 1 is 0.372 bits per heavy atom. The Morgan fingerprint density at radius 2 is 0.558 bits per heavy atom. The van der Waals surface area contributed by atoms with Crippen LogP contribution in [0.5, 0.6) is 0 Å². The van der Waals surface area contributed by atoms with Crippen molar-refractivity contribution in [2.24, 2.45) is 0 Å². The van der Waals surface area contributed by atoms with Crippen molar-refractivity contribution in [2.45, 2.75) is 226 Å². The van der Waals surface area contributed by atoms with E-state index < -0.39 is 0 Å². The predicted octanol–water partition coefficient (Wildman–Crippen LogP) is 11.5. The lowest BCUT2D eigenvalue weighted by molar-refractivity contribution is -0.905. The number of unbranched alkanes of at least 4 members (excludes halogenated alkanes) is 30. The van der Waals surface area contributed by atoms with E-state index in [1.807, 2.05) is 0 Å². The molecule has 2 heteroatoms. The molecular weight excluding hydrogens is 542 g/mol. The van der Waals surface area contributed by atoms with Gasteiger partial charge in [-0.15, -0.1) is 0 Å². The fourth-order valence-corrected chi connectivity index (χ4v) is 7.00. The van der Waals surface area contributed by atoms with Crippen LogP contribution in [-0.4, -0.2) is 31.2 Å². The quantitative estimate of drug-likeness (QED) is 0.0369. The second kappa shape index (κ2) is 36.5. The molecule has 0 aromatic rings. The SMILES string of the molecule is C=C(C)C[N+](C)(CCCCCCCCCCCCCCCCCC)CCCCCCCCCCCCCCCCCC.[Cl-]. The minimum atomic E-state index is 0. The highest BCUT2D eigenvalue weighted by molar-refractivity contribution is 4.87. The van der Waals surface area contributed by atoms with E-state index in [1.165, 1.54) is 235 Å². The van der Waals surface area contributed by atoms with Crippen LogP contribution < -0.4 is 12.4 Å². The van der Waals surface area contributed by atoms with Gasteiger partial charge in [-0.1, -0.05) is 200 Å². The number of quaternary nitrogens is 1. The maximum absolute atomic E-state index is 4.27. The molecule has 260 valence electrons. The van der Waals surface area contributed by atoms with E-state index in [2.05, 4.69) is 34.4 Å². The van der Waals surface area contributed by atoms with Crippen LogP contribution in [0.25, 0.3) is 0 Å². The first-order valence-corrected chi connectivity index (χ1v) is 20.0. The maximum atomic E-state index is 4.27. The molecule has 0 heterocycles. The van der Waals surface area contributed by atoms with Crippen LogP contribution in [0.4, 0.5) is 0 Å². The molecule has 0 spiro atoms. The first-order chi connectivity index (χ1) is 20.5. The molecule has 0 saturated heterocycles. The highest BCUT2D eigenvalue weighted by Crippen LogP contribution is 2.18. The number of nitrogens with zero attached hydrogens (tertiary/aromatic N) is 1. The summed E-state index contributed by atoms with van der Waals surface area (Å²) in [5, 5.41) is 0. The molecule has 0 rings (SSSR count). The van der Waals surface area contributed by atoms with E-state index in [0.717, 1.165) is 0 Å². The summed E-state index contributed by atoms with van der Waals surface area (Å²) < 4.78 is 1.23. The smallest absolute Gasteiger partial charge is 0.0995 e. The molecule has 0 radical (unpaired) electrons. The maximum Gasteiger partial charge on any atom is 0.0995 e. The van der Waals surface area contributed by atoms with Gasteiger partial charge >= 0.3 is 0 Å². The Balaban J connectivity index is 0. The van der Waals surface area contributed by atoms with Gasteiger partial charge in [0.15, 0.2) is 0 Å². The van der Waals surface area contributed by atoms with Gasteiger partial charge in [0.05, 0.1) is 26.7 Å². The second-order valence-corrected chi connectivity index (χ2v) is 14.8. The van der Waals surface area contributed by atoms with Gasteiger partial charge in [0.1, 0.15) is 0 Å². The van der Waals surface area contributed by atoms with Crippen molar-refractivity contribution < 1.29 is 16.9 Å². The molecule has 0 fully saturated rings. The Hall–Kier alpha value is -0.0100. The number of hydrogen-bond donors (Lipinski definition) is 0. The lowest BCUT2D eigenvalue weighted by Crippen LogP contribution is -3.00. The summed E-state index contributed by atoms with van der Waals surface area (Å²) in [5.74, 6) is 0. The predicted molar refractivity (Wildman–Crippen MR) is 195 cm³/mol. The molecule has 0 aliphatic carbocycles. The van der Waals surface area contributed by atoms with Gasteiger partial charge in [-0.2, -0.15) is 0 Å². The zero-order chi connectivity index (χ0) is 30.8. The van der Waals surface area contributed by atoms with Gasteiger partial charge in [0, 0.05) is 0 Å². The number of halogens is 1. The van der Waals surface area contributed by atoms with Crippen molar-refractivity contribution in [3.05, 3.63) is 12.2 Å². The van der Waals surface area contributed by atoms with E-state index in [9.17, 15) is 0 Å². The van der Waals surface area contributed by atoms with Crippen LogP contribution in [-0.2, 0) is 0 Å². The van der Waals surface area contributed by atoms with Crippen LogP contribution in [0.2, 0.25) is 0 Å². The molecule has 0 aromatic heterocycles. The van der Waals surface area contributed by atoms with Gasteiger partial charge in [0.25, 0.3) is 0 Å². The molecule has 0 atom stereocenters. The number of hydrogen-bond acceptors (Lipinski definition) is 0. The highest BCUT2D eigenvalue weighted by atomic mass is 35.5. The zero-order valence-electron chi connectivity index (χ0n) is 30.8. The average molecular weight is 627 g/mol. The lowest BCUT2D eigenvalue weighted by atomic mass is 10.0. The molecule has 0 aliphatic heterocycles. The highest BCUT2D eigenvalue weighted by Gasteiger charge is 2.20. The van der Waals surface area contributed by atoms with Crippen molar-refractivity contribution in [3.8, 4) is 0 Å². The summed E-state index contributed by atoms with van der Waals surface area (Å²) in [6.07, 6.45) is 46.6. The zero-order valence-corrected chi connectivity index (χ0v) is 31.5. The van der Waals surface area contributed by atoms with Gasteiger partial charge in [-0.05, 0) is 38.2 Å². The van der Waals surface area contributed by atoms with Crippen LogP contribution in [0.15, 0.2) is 12.2 Å². The fourth-order valence-electron chi connectivity index (χ4n) is 7.00. The summed E-state index contributed by atoms with van der Waals surface area (Å²) in [7, 11) is 2.51. The molecule has 0 bridgehead atoms. The molecule has 0 unspecified atom stereocenters. The number of likely N-dealkylation sites (N-methyl/N-ethyl adjacent to an activating group) is 1. The van der Waals surface area contributed by atoms with Gasteiger partial charge < -0.3 is 16.9 Å². The van der Waals surface area contributed by atoms with Crippen molar-refractivity contribution in [2.75, 3.05) is 26.7 Å². The van der Waals surface area contributed by atoms with Crippen LogP contribution in [0.3, 0.4) is 0 Å². The molecule has 0 saturated carbocycles. The van der Waals surface area contributed by atoms with Gasteiger partial charge in [-0.25, -0.2) is 0 Å². The Morgan fingerprint density at radius 3 is 0.744 bits per heavy atom.